The second kappa shape index (κ2) is 7.73. The molecule has 0 aliphatic carbocycles. The summed E-state index contributed by atoms with van der Waals surface area (Å²) in [4.78, 5) is 4.33. The van der Waals surface area contributed by atoms with E-state index in [1.807, 2.05) is 6.92 Å². The predicted octanol–water partition coefficient (Wildman–Crippen LogP) is 5.03. The molecule has 1 aromatic carbocycles. The van der Waals surface area contributed by atoms with Crippen LogP contribution in [0.1, 0.15) is 44.9 Å². The molecule has 0 fully saturated rings. The summed E-state index contributed by atoms with van der Waals surface area (Å²) >= 11 is 0. The van der Waals surface area contributed by atoms with Gasteiger partial charge in [0, 0.05) is 24.7 Å². The van der Waals surface area contributed by atoms with E-state index in [0.29, 0.717) is 5.89 Å². The predicted molar refractivity (Wildman–Crippen MR) is 83.9 cm³/mol. The molecule has 1 N–H and O–H groups in total. The molecule has 20 heavy (non-hydrogen) atoms. The lowest BCUT2D eigenvalue weighted by Crippen LogP contribution is -2.01. The first-order chi connectivity index (χ1) is 9.79. The van der Waals surface area contributed by atoms with Crippen molar-refractivity contribution in [2.75, 3.05) is 11.9 Å². The first-order valence-electron chi connectivity index (χ1n) is 7.56. The Bertz CT molecular complexity index is 502. The summed E-state index contributed by atoms with van der Waals surface area (Å²) in [6.07, 6.45) is 8.26. The van der Waals surface area contributed by atoms with Crippen LogP contribution in [0, 0.1) is 6.92 Å². The van der Waals surface area contributed by atoms with Crippen molar-refractivity contribution in [3.63, 3.8) is 0 Å². The Balaban J connectivity index is 1.77. The second-order valence-corrected chi connectivity index (χ2v) is 5.17. The van der Waals surface area contributed by atoms with Crippen LogP contribution in [0.25, 0.3) is 11.3 Å². The highest BCUT2D eigenvalue weighted by Gasteiger charge is 2.02. The van der Waals surface area contributed by atoms with Crippen LogP contribution in [0.2, 0.25) is 0 Å². The molecule has 1 heterocycles. The molecule has 2 aromatic rings. The normalized spacial score (nSPS) is 10.7. The maximum Gasteiger partial charge on any atom is 0.191 e. The lowest BCUT2D eigenvalue weighted by molar-refractivity contribution is 0.521. The van der Waals surface area contributed by atoms with E-state index in [1.54, 1.807) is 6.26 Å². The van der Waals surface area contributed by atoms with E-state index in [4.69, 9.17) is 4.42 Å². The van der Waals surface area contributed by atoms with E-state index in [0.717, 1.165) is 17.8 Å². The Hall–Kier alpha value is -1.77. The Morgan fingerprint density at radius 1 is 1.05 bits per heavy atom. The van der Waals surface area contributed by atoms with Crippen LogP contribution >= 0.6 is 0 Å². The third-order valence-electron chi connectivity index (χ3n) is 3.41. The van der Waals surface area contributed by atoms with E-state index >= 15 is 0 Å². The minimum absolute atomic E-state index is 0.703. The fraction of sp³-hybridized carbons (Fsp3) is 0.471. The SMILES string of the molecule is CCCCCCCNc1ccc(-c2coc(C)n2)cc1. The van der Waals surface area contributed by atoms with Crippen LogP contribution in [0.3, 0.4) is 0 Å². The summed E-state index contributed by atoms with van der Waals surface area (Å²) in [7, 11) is 0. The lowest BCUT2D eigenvalue weighted by atomic mass is 10.1. The largest absolute Gasteiger partial charge is 0.449 e. The molecule has 0 radical (unpaired) electrons. The molecule has 1 aromatic heterocycles. The van der Waals surface area contributed by atoms with Gasteiger partial charge in [0.25, 0.3) is 0 Å². The van der Waals surface area contributed by atoms with Crippen LogP contribution in [0.5, 0.6) is 0 Å². The molecular weight excluding hydrogens is 248 g/mol. The summed E-state index contributed by atoms with van der Waals surface area (Å²) < 4.78 is 5.23. The number of nitrogens with one attached hydrogen (secondary N) is 1. The molecule has 0 bridgehead atoms. The van der Waals surface area contributed by atoms with E-state index in [2.05, 4.69) is 41.5 Å². The fourth-order valence-corrected chi connectivity index (χ4v) is 2.22. The van der Waals surface area contributed by atoms with Gasteiger partial charge in [0.05, 0.1) is 0 Å². The molecule has 108 valence electrons. The van der Waals surface area contributed by atoms with Crippen LogP contribution in [-0.2, 0) is 0 Å². The van der Waals surface area contributed by atoms with Crippen molar-refractivity contribution < 1.29 is 4.42 Å². The molecule has 0 aliphatic rings. The zero-order chi connectivity index (χ0) is 14.2. The average Bonchev–Trinajstić information content (AvgIpc) is 2.90. The molecule has 0 spiro atoms. The van der Waals surface area contributed by atoms with Crippen molar-refractivity contribution in [2.45, 2.75) is 46.0 Å². The van der Waals surface area contributed by atoms with Gasteiger partial charge in [0.2, 0.25) is 0 Å². The van der Waals surface area contributed by atoms with Gasteiger partial charge in [-0.25, -0.2) is 4.98 Å². The number of aryl methyl sites for hydroxylation is 1. The summed E-state index contributed by atoms with van der Waals surface area (Å²) in [5, 5.41) is 3.46. The molecule has 3 heteroatoms. The van der Waals surface area contributed by atoms with Crippen molar-refractivity contribution in [3.05, 3.63) is 36.4 Å². The molecular formula is C17H24N2O. The van der Waals surface area contributed by atoms with Crippen LogP contribution in [0.4, 0.5) is 5.69 Å². The van der Waals surface area contributed by atoms with Gasteiger partial charge in [-0.2, -0.15) is 0 Å². The van der Waals surface area contributed by atoms with Gasteiger partial charge in [-0.1, -0.05) is 44.7 Å². The van der Waals surface area contributed by atoms with Gasteiger partial charge < -0.3 is 9.73 Å². The zero-order valence-corrected chi connectivity index (χ0v) is 12.5. The topological polar surface area (TPSA) is 38.1 Å². The Morgan fingerprint density at radius 3 is 2.45 bits per heavy atom. The van der Waals surface area contributed by atoms with Gasteiger partial charge in [-0.15, -0.1) is 0 Å². The summed E-state index contributed by atoms with van der Waals surface area (Å²) in [5.74, 6) is 0.703. The lowest BCUT2D eigenvalue weighted by Gasteiger charge is -2.06. The van der Waals surface area contributed by atoms with E-state index < -0.39 is 0 Å². The van der Waals surface area contributed by atoms with Gasteiger partial charge in [0.1, 0.15) is 12.0 Å². The third-order valence-corrected chi connectivity index (χ3v) is 3.41. The standard InChI is InChI=1S/C17H24N2O/c1-3-4-5-6-7-12-18-16-10-8-15(9-11-16)17-13-20-14(2)19-17/h8-11,13,18H,3-7,12H2,1-2H3. The first-order valence-corrected chi connectivity index (χ1v) is 7.56. The molecule has 0 unspecified atom stereocenters. The minimum Gasteiger partial charge on any atom is -0.449 e. The number of unbranched alkanes of at least 4 members (excludes halogenated alkanes) is 4. The van der Waals surface area contributed by atoms with Gasteiger partial charge in [0.15, 0.2) is 5.89 Å². The number of hydrogen-bond acceptors (Lipinski definition) is 3. The van der Waals surface area contributed by atoms with E-state index in [1.165, 1.54) is 37.8 Å². The Labute approximate surface area is 121 Å². The average molecular weight is 272 g/mol. The van der Waals surface area contributed by atoms with E-state index in [9.17, 15) is 0 Å². The molecule has 0 amide bonds. The van der Waals surface area contributed by atoms with Crippen molar-refractivity contribution >= 4 is 5.69 Å². The highest BCUT2D eigenvalue weighted by atomic mass is 16.3. The summed E-state index contributed by atoms with van der Waals surface area (Å²) in [6.45, 7) is 5.15. The monoisotopic (exact) mass is 272 g/mol. The smallest absolute Gasteiger partial charge is 0.191 e. The number of anilines is 1. The van der Waals surface area contributed by atoms with Gasteiger partial charge in [-0.3, -0.25) is 0 Å². The molecule has 2 rings (SSSR count). The highest BCUT2D eigenvalue weighted by Crippen LogP contribution is 2.20. The minimum atomic E-state index is 0.703. The van der Waals surface area contributed by atoms with Crippen LogP contribution in [0.15, 0.2) is 34.9 Å². The van der Waals surface area contributed by atoms with Crippen molar-refractivity contribution in [3.8, 4) is 11.3 Å². The van der Waals surface area contributed by atoms with Gasteiger partial charge >= 0.3 is 0 Å². The molecule has 0 saturated heterocycles. The van der Waals surface area contributed by atoms with Gasteiger partial charge in [-0.05, 0) is 18.6 Å². The van der Waals surface area contributed by atoms with Crippen molar-refractivity contribution in [2.24, 2.45) is 0 Å². The van der Waals surface area contributed by atoms with Crippen LogP contribution < -0.4 is 5.32 Å². The number of aromatic nitrogens is 1. The maximum absolute atomic E-state index is 5.23. The Kier molecular flexibility index (Phi) is 5.66. The van der Waals surface area contributed by atoms with Crippen molar-refractivity contribution in [1.29, 1.82) is 0 Å². The summed E-state index contributed by atoms with van der Waals surface area (Å²) in [5.41, 5.74) is 3.16. The number of oxazole rings is 1. The Morgan fingerprint density at radius 2 is 1.80 bits per heavy atom. The fourth-order valence-electron chi connectivity index (χ4n) is 2.22. The first kappa shape index (κ1) is 14.6. The molecule has 0 atom stereocenters. The van der Waals surface area contributed by atoms with Crippen LogP contribution in [-0.4, -0.2) is 11.5 Å². The number of hydrogen-bond donors (Lipinski definition) is 1. The molecule has 3 nitrogen and oxygen atoms in total. The molecule has 0 saturated carbocycles. The summed E-state index contributed by atoms with van der Waals surface area (Å²) in [6, 6.07) is 8.37. The number of rotatable bonds is 8. The number of benzene rings is 1. The quantitative estimate of drug-likeness (QED) is 0.685. The second-order valence-electron chi connectivity index (χ2n) is 5.17. The maximum atomic E-state index is 5.23. The third kappa shape index (κ3) is 4.41. The highest BCUT2D eigenvalue weighted by molar-refractivity contribution is 5.61. The number of nitrogens with zero attached hydrogens (tertiary/aromatic N) is 1. The zero-order valence-electron chi connectivity index (χ0n) is 12.5. The van der Waals surface area contributed by atoms with Crippen molar-refractivity contribution in [1.82, 2.24) is 4.98 Å². The van der Waals surface area contributed by atoms with E-state index in [-0.39, 0.29) is 0 Å². The molecule has 0 aliphatic heterocycles.